The fourth-order valence-corrected chi connectivity index (χ4v) is 4.08. The number of rotatable bonds is 7. The van der Waals surface area contributed by atoms with Crippen LogP contribution in [0.5, 0.6) is 0 Å². The number of carbonyl (C=O) groups is 1. The van der Waals surface area contributed by atoms with Crippen molar-refractivity contribution in [3.8, 4) is 12.0 Å². The van der Waals surface area contributed by atoms with Crippen LogP contribution in [-0.2, 0) is 4.74 Å². The van der Waals surface area contributed by atoms with Gasteiger partial charge in [-0.25, -0.2) is 4.79 Å². The molecule has 1 fully saturated rings. The smallest absolute Gasteiger partial charge is 0.410 e. The number of hydrogen-bond donors (Lipinski definition) is 1. The number of aliphatic hydroxyl groups excluding tert-OH is 1. The van der Waals surface area contributed by atoms with Crippen molar-refractivity contribution in [2.24, 2.45) is 5.92 Å². The number of carbonyl (C=O) groups excluding carboxylic acids is 1. The van der Waals surface area contributed by atoms with Gasteiger partial charge in [0.25, 0.3) is 0 Å². The number of amides is 1. The van der Waals surface area contributed by atoms with E-state index in [0.29, 0.717) is 19.4 Å². The summed E-state index contributed by atoms with van der Waals surface area (Å²) >= 11 is 0. The predicted molar refractivity (Wildman–Crippen MR) is 115 cm³/mol. The highest BCUT2D eigenvalue weighted by atomic mass is 16.6. The van der Waals surface area contributed by atoms with E-state index in [2.05, 4.69) is 56.2 Å². The summed E-state index contributed by atoms with van der Waals surface area (Å²) in [5.41, 5.74) is 2.76. The van der Waals surface area contributed by atoms with Crippen LogP contribution in [0.3, 0.4) is 0 Å². The lowest BCUT2D eigenvalue weighted by Crippen LogP contribution is -2.52. The van der Waals surface area contributed by atoms with Crippen LogP contribution in [0.1, 0.15) is 57.2 Å². The number of cyclic esters (lactones) is 1. The van der Waals surface area contributed by atoms with Gasteiger partial charge in [-0.2, -0.15) is 0 Å². The van der Waals surface area contributed by atoms with Gasteiger partial charge in [0.15, 0.2) is 0 Å². The molecule has 2 heterocycles. The van der Waals surface area contributed by atoms with Gasteiger partial charge in [-0.15, -0.1) is 0 Å². The first-order valence-electron chi connectivity index (χ1n) is 10.5. The van der Waals surface area contributed by atoms with Gasteiger partial charge in [-0.3, -0.25) is 0 Å². The summed E-state index contributed by atoms with van der Waals surface area (Å²) in [6.07, 6.45) is 4.01. The number of benzene rings is 1. The number of ether oxygens (including phenoxy) is 1. The molecule has 1 N–H and O–H groups in total. The summed E-state index contributed by atoms with van der Waals surface area (Å²) in [6.45, 7) is 7.82. The molecule has 3 rings (SSSR count). The fraction of sp³-hybridized carbons (Fsp3) is 0.542. The second-order valence-electron chi connectivity index (χ2n) is 8.39. The maximum absolute atomic E-state index is 12.8. The van der Waals surface area contributed by atoms with E-state index in [1.807, 2.05) is 23.8 Å². The van der Waals surface area contributed by atoms with Crippen LogP contribution in [0.4, 0.5) is 4.79 Å². The lowest BCUT2D eigenvalue weighted by molar-refractivity contribution is -0.0894. The number of hydrogen-bond acceptors (Lipinski definition) is 4. The minimum Gasteiger partial charge on any atom is -0.442 e. The molecule has 1 aromatic carbocycles. The molecule has 29 heavy (non-hydrogen) atoms. The highest BCUT2D eigenvalue weighted by Crippen LogP contribution is 2.37. The summed E-state index contributed by atoms with van der Waals surface area (Å²) in [6, 6.07) is 11.3. The van der Waals surface area contributed by atoms with E-state index in [0.717, 1.165) is 29.7 Å². The van der Waals surface area contributed by atoms with E-state index < -0.39 is 5.60 Å². The Hall–Kier alpha value is -2.45. The zero-order valence-electron chi connectivity index (χ0n) is 17.9. The summed E-state index contributed by atoms with van der Waals surface area (Å²) in [4.78, 5) is 16.6. The van der Waals surface area contributed by atoms with Gasteiger partial charge in [0.05, 0.1) is 6.04 Å². The summed E-state index contributed by atoms with van der Waals surface area (Å²) in [7, 11) is 1.97. The number of likely N-dealkylation sites (N-methyl/N-ethyl adjacent to an activating group) is 1. The third-order valence-electron chi connectivity index (χ3n) is 6.23. The molecular weight excluding hydrogens is 364 g/mol. The second kappa shape index (κ2) is 8.92. The third-order valence-corrected chi connectivity index (χ3v) is 6.23. The van der Waals surface area contributed by atoms with Crippen LogP contribution in [0.2, 0.25) is 0 Å². The molecule has 5 heteroatoms. The third kappa shape index (κ3) is 4.59. The first-order valence-corrected chi connectivity index (χ1v) is 10.5. The molecule has 0 bridgehead atoms. The Balaban J connectivity index is 1.69. The second-order valence-corrected chi connectivity index (χ2v) is 8.39. The summed E-state index contributed by atoms with van der Waals surface area (Å²) in [5, 5.41) is 9.21. The van der Waals surface area contributed by atoms with Crippen molar-refractivity contribution < 1.29 is 14.6 Å². The largest absolute Gasteiger partial charge is 0.442 e. The van der Waals surface area contributed by atoms with E-state index in [-0.39, 0.29) is 24.7 Å². The normalized spacial score (nSPS) is 22.7. The molecule has 0 aromatic heterocycles. The monoisotopic (exact) mass is 396 g/mol. The molecule has 1 aromatic rings. The van der Waals surface area contributed by atoms with Crippen LogP contribution in [0, 0.1) is 17.9 Å². The zero-order valence-corrected chi connectivity index (χ0v) is 17.9. The first-order chi connectivity index (χ1) is 13.9. The molecule has 5 nitrogen and oxygen atoms in total. The number of allylic oxidation sites excluding steroid dienone is 1. The molecule has 1 amide bonds. The number of nitrogens with zero attached hydrogens (tertiary/aromatic N) is 2. The van der Waals surface area contributed by atoms with Crippen molar-refractivity contribution in [1.82, 2.24) is 9.80 Å². The molecular formula is C24H32N2O3. The van der Waals surface area contributed by atoms with Gasteiger partial charge in [-0.05, 0) is 48.8 Å². The van der Waals surface area contributed by atoms with Crippen LogP contribution < -0.4 is 0 Å². The van der Waals surface area contributed by atoms with E-state index in [9.17, 15) is 9.90 Å². The highest BCUT2D eigenvalue weighted by Gasteiger charge is 2.43. The molecule has 0 aliphatic carbocycles. The summed E-state index contributed by atoms with van der Waals surface area (Å²) in [5.74, 6) is 3.40. The van der Waals surface area contributed by atoms with E-state index >= 15 is 0 Å². The van der Waals surface area contributed by atoms with E-state index in [4.69, 9.17) is 4.74 Å². The van der Waals surface area contributed by atoms with Gasteiger partial charge in [-0.1, -0.05) is 38.1 Å². The molecule has 2 unspecified atom stereocenters. The maximum Gasteiger partial charge on any atom is 0.410 e. The molecule has 0 saturated carbocycles. The van der Waals surface area contributed by atoms with Gasteiger partial charge in [0.2, 0.25) is 0 Å². The predicted octanol–water partition coefficient (Wildman–Crippen LogP) is 4.05. The lowest BCUT2D eigenvalue weighted by Gasteiger charge is -2.45. The SMILES string of the molecule is CC(c1ccc(C2=CCN(C)C#C2)cc1)N1CCC(CCCO)(C(C)C)OC1=O. The average Bonchev–Trinajstić information content (AvgIpc) is 2.72. The zero-order chi connectivity index (χ0) is 21.0. The Labute approximate surface area is 174 Å². The van der Waals surface area contributed by atoms with Crippen molar-refractivity contribution in [1.29, 1.82) is 0 Å². The Bertz CT molecular complexity index is 819. The Morgan fingerprint density at radius 1 is 1.24 bits per heavy atom. The van der Waals surface area contributed by atoms with Crippen molar-refractivity contribution in [3.63, 3.8) is 0 Å². The van der Waals surface area contributed by atoms with Crippen LogP contribution >= 0.6 is 0 Å². The highest BCUT2D eigenvalue weighted by molar-refractivity contribution is 5.79. The average molecular weight is 397 g/mol. The van der Waals surface area contributed by atoms with Gasteiger partial charge < -0.3 is 19.6 Å². The van der Waals surface area contributed by atoms with Gasteiger partial charge in [0.1, 0.15) is 5.60 Å². The Morgan fingerprint density at radius 3 is 2.52 bits per heavy atom. The number of aliphatic hydroxyl groups is 1. The van der Waals surface area contributed by atoms with Crippen LogP contribution in [-0.4, -0.2) is 53.3 Å². The molecule has 1 saturated heterocycles. The van der Waals surface area contributed by atoms with E-state index in [1.165, 1.54) is 0 Å². The van der Waals surface area contributed by atoms with Gasteiger partial charge >= 0.3 is 6.09 Å². The van der Waals surface area contributed by atoms with E-state index in [1.54, 1.807) is 0 Å². The topological polar surface area (TPSA) is 53.0 Å². The molecule has 0 spiro atoms. The maximum atomic E-state index is 12.8. The summed E-state index contributed by atoms with van der Waals surface area (Å²) < 4.78 is 5.97. The van der Waals surface area contributed by atoms with Crippen molar-refractivity contribution in [2.75, 3.05) is 26.7 Å². The minimum atomic E-state index is -0.473. The standard InChI is InChI=1S/C24H32N2O3/c1-18(2)24(12-5-17-27)13-16-26(23(28)29-24)19(3)20-6-8-21(9-7-20)22-10-14-25(4)15-11-22/h6-10,18-19,27H,5,12-14,16-17H2,1-4H3. The first kappa shape index (κ1) is 21.3. The molecule has 2 atom stereocenters. The van der Waals surface area contributed by atoms with Crippen molar-refractivity contribution in [2.45, 2.75) is 51.7 Å². The Kier molecular flexibility index (Phi) is 6.54. The lowest BCUT2D eigenvalue weighted by atomic mass is 9.81. The van der Waals surface area contributed by atoms with Crippen molar-refractivity contribution in [3.05, 3.63) is 41.5 Å². The fourth-order valence-electron chi connectivity index (χ4n) is 4.08. The molecule has 156 valence electrons. The Morgan fingerprint density at radius 2 is 1.97 bits per heavy atom. The quantitative estimate of drug-likeness (QED) is 0.707. The van der Waals surface area contributed by atoms with Crippen molar-refractivity contribution >= 4 is 11.7 Å². The molecule has 2 aliphatic rings. The van der Waals surface area contributed by atoms with Crippen LogP contribution in [0.25, 0.3) is 5.57 Å². The molecule has 0 radical (unpaired) electrons. The molecule has 2 aliphatic heterocycles. The van der Waals surface area contributed by atoms with Crippen LogP contribution in [0.15, 0.2) is 30.3 Å². The van der Waals surface area contributed by atoms with Gasteiger partial charge in [0, 0.05) is 44.8 Å². The minimum absolute atomic E-state index is 0.0582.